The molecule has 2 unspecified atom stereocenters. The van der Waals surface area contributed by atoms with Gasteiger partial charge in [-0.25, -0.2) is 0 Å². The van der Waals surface area contributed by atoms with Gasteiger partial charge < -0.3 is 5.73 Å². The van der Waals surface area contributed by atoms with Gasteiger partial charge >= 0.3 is 0 Å². The van der Waals surface area contributed by atoms with Crippen molar-refractivity contribution in [3.8, 4) is 0 Å². The summed E-state index contributed by atoms with van der Waals surface area (Å²) in [6.07, 6.45) is 0. The van der Waals surface area contributed by atoms with Gasteiger partial charge in [0.15, 0.2) is 0 Å². The van der Waals surface area contributed by atoms with E-state index in [2.05, 4.69) is 30.2 Å². The lowest BCUT2D eigenvalue weighted by Gasteiger charge is -2.14. The van der Waals surface area contributed by atoms with E-state index in [4.69, 9.17) is 5.73 Å². The van der Waals surface area contributed by atoms with E-state index in [9.17, 15) is 0 Å². The molecule has 1 fully saturated rings. The van der Waals surface area contributed by atoms with Crippen LogP contribution in [0, 0.1) is 12.8 Å². The fraction of sp³-hybridized carbons (Fsp3) is 0.636. The van der Waals surface area contributed by atoms with Gasteiger partial charge in [0.25, 0.3) is 0 Å². The molecule has 14 heavy (non-hydrogen) atoms. The molecule has 0 bridgehead atoms. The van der Waals surface area contributed by atoms with Gasteiger partial charge in [-0.1, -0.05) is 6.92 Å². The molecule has 2 N–H and O–H groups in total. The SMILES string of the molecule is Cc1sccc1CN1CC(C)C(N)C1. The molecule has 0 radical (unpaired) electrons. The van der Waals surface area contributed by atoms with Crippen molar-refractivity contribution in [1.29, 1.82) is 0 Å². The summed E-state index contributed by atoms with van der Waals surface area (Å²) in [5, 5.41) is 2.17. The third-order valence-electron chi connectivity index (χ3n) is 3.11. The molecule has 2 heterocycles. The molecule has 2 atom stereocenters. The molecule has 2 nitrogen and oxygen atoms in total. The summed E-state index contributed by atoms with van der Waals surface area (Å²) in [6.45, 7) is 7.71. The number of hydrogen-bond acceptors (Lipinski definition) is 3. The first-order valence-corrected chi connectivity index (χ1v) is 6.05. The zero-order valence-electron chi connectivity index (χ0n) is 8.86. The lowest BCUT2D eigenvalue weighted by molar-refractivity contribution is 0.319. The van der Waals surface area contributed by atoms with Crippen molar-refractivity contribution < 1.29 is 0 Å². The van der Waals surface area contributed by atoms with E-state index >= 15 is 0 Å². The minimum atomic E-state index is 0.369. The van der Waals surface area contributed by atoms with Crippen LogP contribution in [0.5, 0.6) is 0 Å². The molecule has 1 aromatic heterocycles. The number of thiophene rings is 1. The summed E-state index contributed by atoms with van der Waals surface area (Å²) in [5.74, 6) is 0.647. The van der Waals surface area contributed by atoms with Gasteiger partial charge in [0.2, 0.25) is 0 Å². The number of nitrogens with two attached hydrogens (primary N) is 1. The molecule has 1 aliphatic heterocycles. The topological polar surface area (TPSA) is 29.3 Å². The van der Waals surface area contributed by atoms with Crippen LogP contribution in [0.2, 0.25) is 0 Å². The summed E-state index contributed by atoms with van der Waals surface area (Å²) >= 11 is 1.83. The largest absolute Gasteiger partial charge is 0.326 e. The minimum Gasteiger partial charge on any atom is -0.326 e. The van der Waals surface area contributed by atoms with Crippen molar-refractivity contribution >= 4 is 11.3 Å². The molecule has 3 heteroatoms. The van der Waals surface area contributed by atoms with Crippen LogP contribution in [-0.2, 0) is 6.54 Å². The predicted molar refractivity (Wildman–Crippen MR) is 61.5 cm³/mol. The number of aryl methyl sites for hydroxylation is 1. The predicted octanol–water partition coefficient (Wildman–Crippen LogP) is 1.84. The number of rotatable bonds is 2. The number of likely N-dealkylation sites (tertiary alicyclic amines) is 1. The van der Waals surface area contributed by atoms with Gasteiger partial charge in [0.05, 0.1) is 0 Å². The standard InChI is InChI=1S/C11H18N2S/c1-8-5-13(7-11(8)12)6-10-3-4-14-9(10)2/h3-4,8,11H,5-7,12H2,1-2H3. The van der Waals surface area contributed by atoms with Crippen molar-refractivity contribution in [3.05, 3.63) is 21.9 Å². The quantitative estimate of drug-likeness (QED) is 0.807. The summed E-state index contributed by atoms with van der Waals surface area (Å²) in [4.78, 5) is 3.91. The Labute approximate surface area is 89.7 Å². The van der Waals surface area contributed by atoms with Crippen LogP contribution < -0.4 is 5.73 Å². The number of nitrogens with zero attached hydrogens (tertiary/aromatic N) is 1. The Morgan fingerprint density at radius 3 is 2.86 bits per heavy atom. The molecule has 0 spiro atoms. The second kappa shape index (κ2) is 4.01. The van der Waals surface area contributed by atoms with Crippen LogP contribution >= 0.6 is 11.3 Å². The first-order chi connectivity index (χ1) is 6.66. The first-order valence-electron chi connectivity index (χ1n) is 5.17. The Bertz CT molecular complexity index is 298. The first kappa shape index (κ1) is 10.1. The Kier molecular flexibility index (Phi) is 2.91. The third kappa shape index (κ3) is 2.00. The van der Waals surface area contributed by atoms with E-state index < -0.39 is 0 Å². The van der Waals surface area contributed by atoms with E-state index in [0.717, 1.165) is 19.6 Å². The lowest BCUT2D eigenvalue weighted by Crippen LogP contribution is -2.28. The van der Waals surface area contributed by atoms with Gasteiger partial charge in [0.1, 0.15) is 0 Å². The second-order valence-electron chi connectivity index (χ2n) is 4.34. The van der Waals surface area contributed by atoms with Crippen LogP contribution in [0.25, 0.3) is 0 Å². The van der Waals surface area contributed by atoms with Crippen molar-refractivity contribution in [1.82, 2.24) is 4.90 Å². The zero-order valence-corrected chi connectivity index (χ0v) is 9.68. The Morgan fingerprint density at radius 1 is 1.57 bits per heavy atom. The molecule has 1 aliphatic rings. The monoisotopic (exact) mass is 210 g/mol. The Hall–Kier alpha value is -0.380. The highest BCUT2D eigenvalue weighted by Crippen LogP contribution is 2.21. The zero-order chi connectivity index (χ0) is 10.1. The Balaban J connectivity index is 1.97. The highest BCUT2D eigenvalue weighted by Gasteiger charge is 2.26. The van der Waals surface area contributed by atoms with Gasteiger partial charge in [-0.3, -0.25) is 4.90 Å². The van der Waals surface area contributed by atoms with Gasteiger partial charge in [-0.2, -0.15) is 0 Å². The highest BCUT2D eigenvalue weighted by atomic mass is 32.1. The normalized spacial score (nSPS) is 28.5. The van der Waals surface area contributed by atoms with E-state index in [1.165, 1.54) is 10.4 Å². The van der Waals surface area contributed by atoms with E-state index in [1.54, 1.807) is 0 Å². The van der Waals surface area contributed by atoms with Crippen LogP contribution in [-0.4, -0.2) is 24.0 Å². The second-order valence-corrected chi connectivity index (χ2v) is 5.46. The van der Waals surface area contributed by atoms with Crippen molar-refractivity contribution in [2.75, 3.05) is 13.1 Å². The summed E-state index contributed by atoms with van der Waals surface area (Å²) in [7, 11) is 0. The fourth-order valence-electron chi connectivity index (χ4n) is 2.04. The average molecular weight is 210 g/mol. The smallest absolute Gasteiger partial charge is 0.0245 e. The van der Waals surface area contributed by atoms with Crippen molar-refractivity contribution in [3.63, 3.8) is 0 Å². The number of hydrogen-bond donors (Lipinski definition) is 1. The lowest BCUT2D eigenvalue weighted by atomic mass is 10.1. The van der Waals surface area contributed by atoms with Crippen LogP contribution in [0.15, 0.2) is 11.4 Å². The minimum absolute atomic E-state index is 0.369. The maximum Gasteiger partial charge on any atom is 0.0245 e. The highest BCUT2D eigenvalue weighted by molar-refractivity contribution is 7.10. The van der Waals surface area contributed by atoms with Crippen LogP contribution in [0.1, 0.15) is 17.4 Å². The maximum atomic E-state index is 6.00. The molecule has 1 saturated heterocycles. The average Bonchev–Trinajstić information content (AvgIpc) is 2.63. The van der Waals surface area contributed by atoms with Gasteiger partial charge in [-0.05, 0) is 29.9 Å². The molecular formula is C11H18N2S. The van der Waals surface area contributed by atoms with Crippen molar-refractivity contribution in [2.45, 2.75) is 26.4 Å². The van der Waals surface area contributed by atoms with Crippen LogP contribution in [0.3, 0.4) is 0 Å². The fourth-order valence-corrected chi connectivity index (χ4v) is 2.76. The van der Waals surface area contributed by atoms with Crippen molar-refractivity contribution in [2.24, 2.45) is 11.7 Å². The molecule has 1 aromatic rings. The van der Waals surface area contributed by atoms with Crippen LogP contribution in [0.4, 0.5) is 0 Å². The molecule has 0 aliphatic carbocycles. The molecule has 78 valence electrons. The van der Waals surface area contributed by atoms with Gasteiger partial charge in [0, 0.05) is 30.6 Å². The van der Waals surface area contributed by atoms with E-state index in [1.807, 2.05) is 11.3 Å². The molecule has 0 amide bonds. The summed E-state index contributed by atoms with van der Waals surface area (Å²) in [6, 6.07) is 2.60. The summed E-state index contributed by atoms with van der Waals surface area (Å²) in [5.41, 5.74) is 7.47. The summed E-state index contributed by atoms with van der Waals surface area (Å²) < 4.78 is 0. The maximum absolute atomic E-state index is 6.00. The molecule has 0 saturated carbocycles. The van der Waals surface area contributed by atoms with E-state index in [-0.39, 0.29) is 0 Å². The third-order valence-corrected chi connectivity index (χ3v) is 3.99. The Morgan fingerprint density at radius 2 is 2.36 bits per heavy atom. The molecule has 2 rings (SSSR count). The molecular weight excluding hydrogens is 192 g/mol. The molecule has 0 aromatic carbocycles. The van der Waals surface area contributed by atoms with E-state index in [0.29, 0.717) is 12.0 Å². The van der Waals surface area contributed by atoms with Gasteiger partial charge in [-0.15, -0.1) is 11.3 Å².